The number of nitrogens with one attached hydrogen (secondary N) is 1. The molecule has 0 aromatic heterocycles. The molecule has 1 aromatic carbocycles. The molecule has 7 heteroatoms. The van der Waals surface area contributed by atoms with Gasteiger partial charge in [0, 0.05) is 26.1 Å². The van der Waals surface area contributed by atoms with Crippen molar-refractivity contribution in [2.45, 2.75) is 26.2 Å². The second kappa shape index (κ2) is 6.83. The van der Waals surface area contributed by atoms with Crippen molar-refractivity contribution in [1.82, 2.24) is 4.90 Å². The number of hydrazone groups is 1. The molecule has 1 aromatic rings. The summed E-state index contributed by atoms with van der Waals surface area (Å²) >= 11 is 0. The summed E-state index contributed by atoms with van der Waals surface area (Å²) in [7, 11) is 0. The van der Waals surface area contributed by atoms with Gasteiger partial charge >= 0.3 is 0 Å². The van der Waals surface area contributed by atoms with Gasteiger partial charge in [0.2, 0.25) is 0 Å². The van der Waals surface area contributed by atoms with Gasteiger partial charge in [0.25, 0.3) is 5.69 Å². The third-order valence-corrected chi connectivity index (χ3v) is 3.35. The molecule has 1 fully saturated rings. The maximum absolute atomic E-state index is 11.7. The number of carbonyl (C=O) groups is 1. The SMILES string of the molecule is CC(=O)/C(=N/Nc1ccccc1[N+](=O)[O-])N1CCCCC1. The zero-order valence-electron chi connectivity index (χ0n) is 11.9. The summed E-state index contributed by atoms with van der Waals surface area (Å²) in [6.07, 6.45) is 3.20. The van der Waals surface area contributed by atoms with E-state index < -0.39 is 4.92 Å². The van der Waals surface area contributed by atoms with Crippen molar-refractivity contribution < 1.29 is 9.72 Å². The normalized spacial score (nSPS) is 15.7. The fourth-order valence-corrected chi connectivity index (χ4v) is 2.32. The Morgan fingerprint density at radius 1 is 1.29 bits per heavy atom. The van der Waals surface area contributed by atoms with Gasteiger partial charge in [-0.1, -0.05) is 12.1 Å². The van der Waals surface area contributed by atoms with Crippen LogP contribution < -0.4 is 5.43 Å². The number of nitro groups is 1. The monoisotopic (exact) mass is 290 g/mol. The van der Waals surface area contributed by atoms with Gasteiger partial charge in [0.15, 0.2) is 11.6 Å². The number of Topliss-reactive ketones (excluding diaryl/α,β-unsaturated/α-hetero) is 1. The van der Waals surface area contributed by atoms with E-state index in [0.717, 1.165) is 32.4 Å². The number of hydrogen-bond donors (Lipinski definition) is 1. The molecule has 7 nitrogen and oxygen atoms in total. The Morgan fingerprint density at radius 2 is 1.95 bits per heavy atom. The summed E-state index contributed by atoms with van der Waals surface area (Å²) < 4.78 is 0. The van der Waals surface area contributed by atoms with E-state index in [0.29, 0.717) is 5.84 Å². The number of carbonyl (C=O) groups excluding carboxylic acids is 1. The summed E-state index contributed by atoms with van der Waals surface area (Å²) in [6.45, 7) is 3.03. The predicted molar refractivity (Wildman–Crippen MR) is 80.3 cm³/mol. The highest BCUT2D eigenvalue weighted by molar-refractivity contribution is 6.37. The van der Waals surface area contributed by atoms with Crippen LogP contribution in [0.3, 0.4) is 0 Å². The average Bonchev–Trinajstić information content (AvgIpc) is 2.48. The molecular weight excluding hydrogens is 272 g/mol. The zero-order chi connectivity index (χ0) is 15.2. The number of hydrogen-bond acceptors (Lipinski definition) is 5. The lowest BCUT2D eigenvalue weighted by Crippen LogP contribution is -2.39. The van der Waals surface area contributed by atoms with E-state index in [-0.39, 0.29) is 17.2 Å². The molecule has 2 rings (SSSR count). The number of ketones is 1. The number of benzene rings is 1. The van der Waals surface area contributed by atoms with Crippen molar-refractivity contribution in [2.24, 2.45) is 5.10 Å². The van der Waals surface area contributed by atoms with Crippen LogP contribution in [0.1, 0.15) is 26.2 Å². The minimum atomic E-state index is -0.480. The Labute approximate surface area is 122 Å². The van der Waals surface area contributed by atoms with Crippen molar-refractivity contribution in [2.75, 3.05) is 18.5 Å². The number of likely N-dealkylation sites (tertiary alicyclic amines) is 1. The predicted octanol–water partition coefficient (Wildman–Crippen LogP) is 2.40. The summed E-state index contributed by atoms with van der Waals surface area (Å²) in [5.41, 5.74) is 2.87. The topological polar surface area (TPSA) is 87.8 Å². The lowest BCUT2D eigenvalue weighted by atomic mass is 10.1. The first-order chi connectivity index (χ1) is 10.1. The minimum Gasteiger partial charge on any atom is -0.352 e. The van der Waals surface area contributed by atoms with Crippen molar-refractivity contribution in [3.05, 3.63) is 34.4 Å². The lowest BCUT2D eigenvalue weighted by molar-refractivity contribution is -0.384. The van der Waals surface area contributed by atoms with Gasteiger partial charge in [-0.15, -0.1) is 0 Å². The second-order valence-corrected chi connectivity index (χ2v) is 4.93. The molecule has 112 valence electrons. The van der Waals surface area contributed by atoms with E-state index in [1.165, 1.54) is 13.0 Å². The van der Waals surface area contributed by atoms with E-state index in [4.69, 9.17) is 0 Å². The molecule has 0 bridgehead atoms. The van der Waals surface area contributed by atoms with E-state index in [2.05, 4.69) is 10.5 Å². The smallest absolute Gasteiger partial charge is 0.294 e. The first kappa shape index (κ1) is 15.0. The Bertz CT molecular complexity index is 565. The van der Waals surface area contributed by atoms with Crippen LogP contribution in [-0.4, -0.2) is 34.5 Å². The maximum atomic E-state index is 11.7. The number of rotatable bonds is 4. The standard InChI is InChI=1S/C14H18N4O3/c1-11(19)14(17-9-5-2-6-10-17)16-15-12-7-3-4-8-13(12)18(20)21/h3-4,7-8,15H,2,5-6,9-10H2,1H3/b16-14-. The first-order valence-electron chi connectivity index (χ1n) is 6.92. The van der Waals surface area contributed by atoms with Gasteiger partial charge in [-0.3, -0.25) is 20.3 Å². The van der Waals surface area contributed by atoms with E-state index in [9.17, 15) is 14.9 Å². The molecule has 0 aliphatic carbocycles. The number of amidine groups is 1. The number of para-hydroxylation sites is 2. The number of nitrogens with zero attached hydrogens (tertiary/aromatic N) is 3. The Kier molecular flexibility index (Phi) is 4.86. The van der Waals surface area contributed by atoms with Crippen LogP contribution in [0.15, 0.2) is 29.4 Å². The highest BCUT2D eigenvalue weighted by Crippen LogP contribution is 2.23. The average molecular weight is 290 g/mol. The lowest BCUT2D eigenvalue weighted by Gasteiger charge is -2.28. The number of piperidine rings is 1. The van der Waals surface area contributed by atoms with Crippen LogP contribution in [0.25, 0.3) is 0 Å². The molecule has 1 N–H and O–H groups in total. The molecule has 0 amide bonds. The minimum absolute atomic E-state index is 0.0669. The van der Waals surface area contributed by atoms with Crippen LogP contribution in [0.5, 0.6) is 0 Å². The maximum Gasteiger partial charge on any atom is 0.294 e. The number of nitro benzene ring substituents is 1. The van der Waals surface area contributed by atoms with Crippen LogP contribution in [0.2, 0.25) is 0 Å². The molecule has 1 aliphatic heterocycles. The molecule has 1 saturated heterocycles. The number of anilines is 1. The van der Waals surface area contributed by atoms with Gasteiger partial charge in [0.05, 0.1) is 4.92 Å². The fourth-order valence-electron chi connectivity index (χ4n) is 2.32. The quantitative estimate of drug-likeness (QED) is 0.398. The molecule has 1 aliphatic rings. The van der Waals surface area contributed by atoms with Gasteiger partial charge in [0.1, 0.15) is 5.69 Å². The summed E-state index contributed by atoms with van der Waals surface area (Å²) in [4.78, 5) is 24.1. The fraction of sp³-hybridized carbons (Fsp3) is 0.429. The van der Waals surface area contributed by atoms with Crippen molar-refractivity contribution in [3.63, 3.8) is 0 Å². The Hall–Kier alpha value is -2.44. The largest absolute Gasteiger partial charge is 0.352 e. The van der Waals surface area contributed by atoms with Crippen molar-refractivity contribution in [3.8, 4) is 0 Å². The molecule has 1 heterocycles. The summed E-state index contributed by atoms with van der Waals surface area (Å²) in [5, 5.41) is 15.0. The highest BCUT2D eigenvalue weighted by atomic mass is 16.6. The van der Waals surface area contributed by atoms with E-state index in [1.54, 1.807) is 18.2 Å². The third-order valence-electron chi connectivity index (χ3n) is 3.35. The molecule has 0 unspecified atom stereocenters. The van der Waals surface area contributed by atoms with Crippen molar-refractivity contribution >= 4 is 23.0 Å². The molecular formula is C14H18N4O3. The van der Waals surface area contributed by atoms with Crippen LogP contribution in [0, 0.1) is 10.1 Å². The summed E-state index contributed by atoms with van der Waals surface area (Å²) in [6, 6.07) is 6.23. The van der Waals surface area contributed by atoms with Crippen LogP contribution in [0.4, 0.5) is 11.4 Å². The van der Waals surface area contributed by atoms with Gasteiger partial charge in [-0.05, 0) is 25.3 Å². The van der Waals surface area contributed by atoms with Crippen LogP contribution >= 0.6 is 0 Å². The summed E-state index contributed by atoms with van der Waals surface area (Å²) in [5.74, 6) is 0.177. The Morgan fingerprint density at radius 3 is 2.57 bits per heavy atom. The van der Waals surface area contributed by atoms with E-state index in [1.807, 2.05) is 4.90 Å². The first-order valence-corrected chi connectivity index (χ1v) is 6.92. The molecule has 0 atom stereocenters. The van der Waals surface area contributed by atoms with E-state index >= 15 is 0 Å². The third kappa shape index (κ3) is 3.77. The van der Waals surface area contributed by atoms with Crippen LogP contribution in [-0.2, 0) is 4.79 Å². The molecule has 21 heavy (non-hydrogen) atoms. The zero-order valence-corrected chi connectivity index (χ0v) is 11.9. The molecule has 0 radical (unpaired) electrons. The Balaban J connectivity index is 2.20. The van der Waals surface area contributed by atoms with Crippen molar-refractivity contribution in [1.29, 1.82) is 0 Å². The van der Waals surface area contributed by atoms with Gasteiger partial charge in [-0.25, -0.2) is 0 Å². The molecule has 0 spiro atoms. The van der Waals surface area contributed by atoms with Gasteiger partial charge < -0.3 is 4.90 Å². The molecule has 0 saturated carbocycles. The van der Waals surface area contributed by atoms with Gasteiger partial charge in [-0.2, -0.15) is 5.10 Å². The second-order valence-electron chi connectivity index (χ2n) is 4.93. The highest BCUT2D eigenvalue weighted by Gasteiger charge is 2.19.